The molecule has 0 aliphatic carbocycles. The number of amides is 1. The molecular weight excluding hydrogens is 210 g/mol. The lowest BCUT2D eigenvalue weighted by Crippen LogP contribution is -2.58. The van der Waals surface area contributed by atoms with E-state index in [1.54, 1.807) is 0 Å². The van der Waals surface area contributed by atoms with Crippen LogP contribution in [0.25, 0.3) is 0 Å². The van der Waals surface area contributed by atoms with Gasteiger partial charge in [0.25, 0.3) is 0 Å². The maximum Gasteiger partial charge on any atom is 0.236 e. The molecule has 1 rings (SSSR count). The van der Waals surface area contributed by atoms with E-state index in [-0.39, 0.29) is 11.9 Å². The molecule has 94 valence electrons. The van der Waals surface area contributed by atoms with E-state index in [1.807, 2.05) is 11.8 Å². The lowest BCUT2D eigenvalue weighted by Gasteiger charge is -2.35. The fourth-order valence-corrected chi connectivity index (χ4v) is 1.82. The summed E-state index contributed by atoms with van der Waals surface area (Å²) in [7, 11) is 0. The Kier molecular flexibility index (Phi) is 5.68. The molecule has 4 N–H and O–H groups in total. The van der Waals surface area contributed by atoms with Crippen molar-refractivity contribution in [3.63, 3.8) is 0 Å². The summed E-state index contributed by atoms with van der Waals surface area (Å²) in [6.45, 7) is 5.27. The molecule has 6 nitrogen and oxygen atoms in total. The molecule has 0 saturated carbocycles. The first-order valence-corrected chi connectivity index (χ1v) is 5.65. The highest BCUT2D eigenvalue weighted by molar-refractivity contribution is 5.80. The molecule has 6 heteroatoms. The topological polar surface area (TPSA) is 87.8 Å². The predicted molar refractivity (Wildman–Crippen MR) is 59.9 cm³/mol. The van der Waals surface area contributed by atoms with Crippen LogP contribution in [-0.4, -0.2) is 67.5 Å². The van der Waals surface area contributed by atoms with Crippen LogP contribution in [-0.2, 0) is 9.53 Å². The maximum atomic E-state index is 11.2. The maximum absolute atomic E-state index is 11.2. The molecule has 0 aromatic rings. The van der Waals surface area contributed by atoms with Crippen LogP contribution < -0.4 is 11.1 Å². The van der Waals surface area contributed by atoms with Gasteiger partial charge in [-0.25, -0.2) is 0 Å². The minimum Gasteiger partial charge on any atom is -0.389 e. The third kappa shape index (κ3) is 4.05. The summed E-state index contributed by atoms with van der Waals surface area (Å²) in [6.07, 6.45) is -0.570. The number of β-amino-alcohol motifs (C(OH)–C–C–N with tert-alkyl or cyclic N) is 1. The van der Waals surface area contributed by atoms with Gasteiger partial charge in [0.15, 0.2) is 0 Å². The summed E-state index contributed by atoms with van der Waals surface area (Å²) >= 11 is 0. The highest BCUT2D eigenvalue weighted by atomic mass is 16.5. The third-order valence-electron chi connectivity index (χ3n) is 2.64. The standard InChI is InChI=1S/C10H21N3O3/c1-2-16-7-8(14)6-13-4-3-12-5-9(13)10(11)15/h8-9,12,14H,2-7H2,1H3,(H2,11,15). The van der Waals surface area contributed by atoms with Crippen LogP contribution in [0.3, 0.4) is 0 Å². The van der Waals surface area contributed by atoms with Crippen LogP contribution in [0.5, 0.6) is 0 Å². The van der Waals surface area contributed by atoms with Gasteiger partial charge in [0.1, 0.15) is 6.04 Å². The quantitative estimate of drug-likeness (QED) is 0.499. The van der Waals surface area contributed by atoms with Crippen molar-refractivity contribution in [1.29, 1.82) is 0 Å². The van der Waals surface area contributed by atoms with Gasteiger partial charge in [-0.05, 0) is 6.92 Å². The Balaban J connectivity index is 2.39. The monoisotopic (exact) mass is 231 g/mol. The lowest BCUT2D eigenvalue weighted by molar-refractivity contribution is -0.124. The second-order valence-electron chi connectivity index (χ2n) is 3.93. The predicted octanol–water partition coefficient (Wildman–Crippen LogP) is -1.86. The molecule has 0 radical (unpaired) electrons. The van der Waals surface area contributed by atoms with Crippen molar-refractivity contribution in [3.05, 3.63) is 0 Å². The second kappa shape index (κ2) is 6.80. The minimum absolute atomic E-state index is 0.298. The number of ether oxygens (including phenoxy) is 1. The molecule has 1 amide bonds. The van der Waals surface area contributed by atoms with Crippen LogP contribution in [0, 0.1) is 0 Å². The normalized spacial score (nSPS) is 24.2. The first-order chi connectivity index (χ1) is 7.65. The number of nitrogens with zero attached hydrogens (tertiary/aromatic N) is 1. The van der Waals surface area contributed by atoms with Crippen molar-refractivity contribution < 1.29 is 14.6 Å². The molecule has 1 aliphatic rings. The molecule has 0 bridgehead atoms. The van der Waals surface area contributed by atoms with Gasteiger partial charge in [-0.3, -0.25) is 9.69 Å². The van der Waals surface area contributed by atoms with Gasteiger partial charge in [0.05, 0.1) is 12.7 Å². The molecule has 1 aliphatic heterocycles. The fraction of sp³-hybridized carbons (Fsp3) is 0.900. The first kappa shape index (κ1) is 13.4. The van der Waals surface area contributed by atoms with E-state index in [4.69, 9.17) is 10.5 Å². The number of aliphatic hydroxyl groups is 1. The van der Waals surface area contributed by atoms with Crippen LogP contribution in [0.15, 0.2) is 0 Å². The van der Waals surface area contributed by atoms with Gasteiger partial charge in [-0.15, -0.1) is 0 Å². The third-order valence-corrected chi connectivity index (χ3v) is 2.64. The smallest absolute Gasteiger partial charge is 0.236 e. The molecule has 0 aromatic heterocycles. The zero-order valence-electron chi connectivity index (χ0n) is 9.69. The molecule has 2 unspecified atom stereocenters. The van der Waals surface area contributed by atoms with Gasteiger partial charge < -0.3 is 20.9 Å². The first-order valence-electron chi connectivity index (χ1n) is 5.65. The van der Waals surface area contributed by atoms with Gasteiger partial charge in [-0.1, -0.05) is 0 Å². The van der Waals surface area contributed by atoms with E-state index >= 15 is 0 Å². The summed E-state index contributed by atoms with van der Waals surface area (Å²) in [6, 6.07) is -0.329. The number of hydrogen-bond donors (Lipinski definition) is 3. The number of carbonyl (C=O) groups is 1. The molecule has 0 aromatic carbocycles. The van der Waals surface area contributed by atoms with Gasteiger partial charge in [0.2, 0.25) is 5.91 Å². The second-order valence-corrected chi connectivity index (χ2v) is 3.93. The Morgan fingerprint density at radius 1 is 1.75 bits per heavy atom. The van der Waals surface area contributed by atoms with Gasteiger partial charge >= 0.3 is 0 Å². The zero-order valence-corrected chi connectivity index (χ0v) is 9.69. The SMILES string of the molecule is CCOCC(O)CN1CCNCC1C(N)=O. The average molecular weight is 231 g/mol. The lowest BCUT2D eigenvalue weighted by atomic mass is 10.1. The van der Waals surface area contributed by atoms with Crippen molar-refractivity contribution in [1.82, 2.24) is 10.2 Å². The minimum atomic E-state index is -0.570. The summed E-state index contributed by atoms with van der Waals surface area (Å²) in [4.78, 5) is 13.1. The molecule has 1 saturated heterocycles. The number of nitrogens with two attached hydrogens (primary N) is 1. The number of hydrogen-bond acceptors (Lipinski definition) is 5. The van der Waals surface area contributed by atoms with Gasteiger partial charge in [0, 0.05) is 32.8 Å². The van der Waals surface area contributed by atoms with Crippen molar-refractivity contribution in [2.24, 2.45) is 5.73 Å². The largest absolute Gasteiger partial charge is 0.389 e. The van der Waals surface area contributed by atoms with Crippen molar-refractivity contribution >= 4 is 5.91 Å². The Labute approximate surface area is 95.7 Å². The summed E-state index contributed by atoms with van der Waals surface area (Å²) in [5.41, 5.74) is 5.30. The Morgan fingerprint density at radius 2 is 2.50 bits per heavy atom. The number of primary amides is 1. The van der Waals surface area contributed by atoms with Crippen molar-refractivity contribution in [2.45, 2.75) is 19.1 Å². The molecule has 2 atom stereocenters. The van der Waals surface area contributed by atoms with E-state index < -0.39 is 6.10 Å². The van der Waals surface area contributed by atoms with Crippen LogP contribution in [0.1, 0.15) is 6.92 Å². The number of rotatable bonds is 6. The number of piperazine rings is 1. The van der Waals surface area contributed by atoms with Crippen LogP contribution in [0.2, 0.25) is 0 Å². The van der Waals surface area contributed by atoms with E-state index in [0.717, 1.165) is 13.1 Å². The Bertz CT molecular complexity index is 225. The molecule has 0 spiro atoms. The van der Waals surface area contributed by atoms with E-state index in [9.17, 15) is 9.90 Å². The van der Waals surface area contributed by atoms with E-state index in [2.05, 4.69) is 5.32 Å². The van der Waals surface area contributed by atoms with E-state index in [0.29, 0.717) is 26.3 Å². The van der Waals surface area contributed by atoms with Crippen LogP contribution in [0.4, 0.5) is 0 Å². The zero-order chi connectivity index (χ0) is 12.0. The number of carbonyl (C=O) groups excluding carboxylic acids is 1. The van der Waals surface area contributed by atoms with Gasteiger partial charge in [-0.2, -0.15) is 0 Å². The Morgan fingerprint density at radius 3 is 3.12 bits per heavy atom. The molecule has 16 heavy (non-hydrogen) atoms. The number of aliphatic hydroxyl groups excluding tert-OH is 1. The number of nitrogens with one attached hydrogen (secondary N) is 1. The average Bonchev–Trinajstić information content (AvgIpc) is 2.27. The molecule has 1 fully saturated rings. The highest BCUT2D eigenvalue weighted by Crippen LogP contribution is 2.04. The van der Waals surface area contributed by atoms with Crippen LogP contribution >= 0.6 is 0 Å². The molecular formula is C10H21N3O3. The van der Waals surface area contributed by atoms with Crippen molar-refractivity contribution in [3.8, 4) is 0 Å². The Hall–Kier alpha value is -0.690. The summed E-state index contributed by atoms with van der Waals surface area (Å²) < 4.78 is 5.12. The fourth-order valence-electron chi connectivity index (χ4n) is 1.82. The summed E-state index contributed by atoms with van der Waals surface area (Å²) in [5.74, 6) is -0.351. The molecule has 1 heterocycles. The highest BCUT2D eigenvalue weighted by Gasteiger charge is 2.27. The van der Waals surface area contributed by atoms with Crippen molar-refractivity contribution in [2.75, 3.05) is 39.4 Å². The summed E-state index contributed by atoms with van der Waals surface area (Å²) in [5, 5.41) is 12.8. The van der Waals surface area contributed by atoms with E-state index in [1.165, 1.54) is 0 Å².